The van der Waals surface area contributed by atoms with Crippen molar-refractivity contribution in [3.8, 4) is 12.3 Å². The van der Waals surface area contributed by atoms with E-state index in [2.05, 4.69) is 106 Å². The molecule has 1 heteroatoms. The molecule has 5 aromatic rings. The van der Waals surface area contributed by atoms with Gasteiger partial charge in [-0.15, -0.1) is 6.42 Å². The minimum absolute atomic E-state index is 0.646. The van der Waals surface area contributed by atoms with Gasteiger partial charge in [-0.05, 0) is 102 Å². The van der Waals surface area contributed by atoms with E-state index in [0.717, 1.165) is 5.56 Å². The van der Waals surface area contributed by atoms with Gasteiger partial charge in [-0.3, -0.25) is 0 Å². The maximum absolute atomic E-state index is 5.99. The second kappa shape index (κ2) is 7.56. The fourth-order valence-electron chi connectivity index (χ4n) is 5.14. The SMILES string of the molecule is C#Cc1cc2cc3cc4cc5ccccc5cc4cc3cc2cc1[Si](C(C)C)C(C)C. The van der Waals surface area contributed by atoms with Gasteiger partial charge in [0.1, 0.15) is 0 Å². The van der Waals surface area contributed by atoms with Crippen LogP contribution in [0.2, 0.25) is 11.1 Å². The second-order valence-corrected chi connectivity index (χ2v) is 13.0. The number of hydrogen-bond acceptors (Lipinski definition) is 0. The van der Waals surface area contributed by atoms with Crippen molar-refractivity contribution in [1.29, 1.82) is 0 Å². The van der Waals surface area contributed by atoms with E-state index in [0.29, 0.717) is 11.1 Å². The van der Waals surface area contributed by atoms with Crippen molar-refractivity contribution in [2.75, 3.05) is 0 Å². The van der Waals surface area contributed by atoms with E-state index in [1.165, 1.54) is 48.3 Å². The molecule has 0 aliphatic heterocycles. The van der Waals surface area contributed by atoms with Gasteiger partial charge in [0.2, 0.25) is 0 Å². The van der Waals surface area contributed by atoms with Crippen LogP contribution in [-0.2, 0) is 0 Å². The van der Waals surface area contributed by atoms with Crippen LogP contribution in [0.4, 0.5) is 0 Å². The Morgan fingerprint density at radius 1 is 0.581 bits per heavy atom. The lowest BCUT2D eigenvalue weighted by atomic mass is 9.97. The van der Waals surface area contributed by atoms with Gasteiger partial charge in [0.05, 0.1) is 8.80 Å². The van der Waals surface area contributed by atoms with Crippen molar-refractivity contribution < 1.29 is 0 Å². The Labute approximate surface area is 186 Å². The summed E-state index contributed by atoms with van der Waals surface area (Å²) in [5.74, 6) is 3.00. The lowest BCUT2D eigenvalue weighted by Crippen LogP contribution is -2.37. The molecule has 1 radical (unpaired) electrons. The third kappa shape index (κ3) is 3.42. The van der Waals surface area contributed by atoms with Gasteiger partial charge in [-0.25, -0.2) is 0 Å². The number of hydrogen-bond donors (Lipinski definition) is 0. The van der Waals surface area contributed by atoms with E-state index in [1.807, 2.05) is 0 Å². The van der Waals surface area contributed by atoms with Crippen LogP contribution in [0.1, 0.15) is 33.3 Å². The Kier molecular flexibility index (Phi) is 4.84. The third-order valence-electron chi connectivity index (χ3n) is 6.46. The maximum Gasteiger partial charge on any atom is 0.0927 e. The monoisotopic (exact) mass is 415 g/mol. The predicted molar refractivity (Wildman–Crippen MR) is 140 cm³/mol. The van der Waals surface area contributed by atoms with Crippen molar-refractivity contribution in [1.82, 2.24) is 0 Å². The molecule has 0 N–H and O–H groups in total. The second-order valence-electron chi connectivity index (χ2n) is 9.25. The summed E-state index contributed by atoms with van der Waals surface area (Å²) in [6.07, 6.45) is 5.99. The molecular weight excluding hydrogens is 388 g/mol. The Bertz CT molecular complexity index is 1490. The summed E-state index contributed by atoms with van der Waals surface area (Å²) in [7, 11) is -0.742. The summed E-state index contributed by atoms with van der Waals surface area (Å²) in [5, 5.41) is 11.6. The fraction of sp³-hybridized carbons (Fsp3) is 0.200. The number of benzene rings is 5. The highest BCUT2D eigenvalue weighted by Gasteiger charge is 2.24. The lowest BCUT2D eigenvalue weighted by molar-refractivity contribution is 0.951. The molecule has 0 fully saturated rings. The van der Waals surface area contributed by atoms with E-state index in [-0.39, 0.29) is 0 Å². The molecule has 0 saturated heterocycles. The van der Waals surface area contributed by atoms with E-state index in [4.69, 9.17) is 6.42 Å². The molecule has 5 rings (SSSR count). The Hall–Kier alpha value is -3.08. The van der Waals surface area contributed by atoms with Crippen molar-refractivity contribution in [2.24, 2.45) is 0 Å². The highest BCUT2D eigenvalue weighted by Crippen LogP contribution is 2.31. The Morgan fingerprint density at radius 2 is 0.968 bits per heavy atom. The van der Waals surface area contributed by atoms with Crippen LogP contribution < -0.4 is 5.19 Å². The average Bonchev–Trinajstić information content (AvgIpc) is 2.74. The molecule has 31 heavy (non-hydrogen) atoms. The minimum Gasteiger partial charge on any atom is -0.115 e. The van der Waals surface area contributed by atoms with Crippen LogP contribution in [-0.4, -0.2) is 8.80 Å². The summed E-state index contributed by atoms with van der Waals surface area (Å²) in [6, 6.07) is 27.1. The van der Waals surface area contributed by atoms with Crippen LogP contribution in [0.3, 0.4) is 0 Å². The standard InChI is InChI=1S/C30H27Si/c1-6-21-11-24-14-27-15-25-12-22-9-7-8-10-23(22)13-26(25)16-28(27)17-29(24)18-30(21)31(19(2)3)20(4)5/h1,7-20H,2-5H3. The molecule has 0 aliphatic rings. The summed E-state index contributed by atoms with van der Waals surface area (Å²) in [5.41, 5.74) is 2.37. The zero-order valence-electron chi connectivity index (χ0n) is 18.7. The minimum atomic E-state index is -0.742. The van der Waals surface area contributed by atoms with E-state index in [9.17, 15) is 0 Å². The smallest absolute Gasteiger partial charge is 0.0927 e. The molecule has 0 amide bonds. The highest BCUT2D eigenvalue weighted by molar-refractivity contribution is 6.76. The van der Waals surface area contributed by atoms with Crippen molar-refractivity contribution in [3.63, 3.8) is 0 Å². The summed E-state index contributed by atoms with van der Waals surface area (Å²) in [4.78, 5) is 0. The van der Waals surface area contributed by atoms with Crippen LogP contribution in [0.25, 0.3) is 43.1 Å². The van der Waals surface area contributed by atoms with Crippen molar-refractivity contribution in [3.05, 3.63) is 78.4 Å². The van der Waals surface area contributed by atoms with Gasteiger partial charge < -0.3 is 0 Å². The predicted octanol–water partition coefficient (Wildman–Crippen LogP) is 7.80. The van der Waals surface area contributed by atoms with Crippen molar-refractivity contribution in [2.45, 2.75) is 38.8 Å². The molecule has 0 saturated carbocycles. The first-order valence-electron chi connectivity index (χ1n) is 11.1. The largest absolute Gasteiger partial charge is 0.115 e. The average molecular weight is 416 g/mol. The summed E-state index contributed by atoms with van der Waals surface area (Å²) < 4.78 is 0. The molecule has 0 atom stereocenters. The van der Waals surface area contributed by atoms with Gasteiger partial charge in [0.25, 0.3) is 0 Å². The zero-order valence-corrected chi connectivity index (χ0v) is 19.7. The molecular formula is C30H27Si. The molecule has 0 heterocycles. The quantitative estimate of drug-likeness (QED) is 0.160. The van der Waals surface area contributed by atoms with Gasteiger partial charge in [0.15, 0.2) is 0 Å². The van der Waals surface area contributed by atoms with E-state index in [1.54, 1.807) is 0 Å². The first-order valence-corrected chi connectivity index (χ1v) is 12.8. The normalized spacial score (nSPS) is 12.1. The molecule has 0 aliphatic carbocycles. The number of fused-ring (bicyclic) bond motifs is 4. The highest BCUT2D eigenvalue weighted by atomic mass is 28.3. The Balaban J connectivity index is 1.77. The molecule has 5 aromatic carbocycles. The van der Waals surface area contributed by atoms with Crippen LogP contribution in [0, 0.1) is 12.3 Å². The summed E-state index contributed by atoms with van der Waals surface area (Å²) in [6.45, 7) is 9.37. The van der Waals surface area contributed by atoms with Crippen LogP contribution >= 0.6 is 0 Å². The first-order chi connectivity index (χ1) is 14.9. The van der Waals surface area contributed by atoms with Crippen LogP contribution in [0.5, 0.6) is 0 Å². The first kappa shape index (κ1) is 19.9. The van der Waals surface area contributed by atoms with Gasteiger partial charge in [-0.1, -0.05) is 63.9 Å². The summed E-state index contributed by atoms with van der Waals surface area (Å²) >= 11 is 0. The maximum atomic E-state index is 5.99. The van der Waals surface area contributed by atoms with Crippen LogP contribution in [0.15, 0.2) is 72.8 Å². The van der Waals surface area contributed by atoms with Crippen molar-refractivity contribution >= 4 is 57.1 Å². The third-order valence-corrected chi connectivity index (χ3v) is 9.99. The van der Waals surface area contributed by atoms with Gasteiger partial charge in [0, 0.05) is 5.56 Å². The fourth-order valence-corrected chi connectivity index (χ4v) is 8.50. The Morgan fingerprint density at radius 3 is 1.39 bits per heavy atom. The molecule has 0 nitrogen and oxygen atoms in total. The molecule has 0 aromatic heterocycles. The number of terminal acetylenes is 1. The van der Waals surface area contributed by atoms with E-state index < -0.39 is 8.80 Å². The topological polar surface area (TPSA) is 0 Å². The molecule has 0 unspecified atom stereocenters. The zero-order chi connectivity index (χ0) is 21.7. The van der Waals surface area contributed by atoms with E-state index >= 15 is 0 Å². The van der Waals surface area contributed by atoms with Gasteiger partial charge in [-0.2, -0.15) is 0 Å². The number of rotatable bonds is 3. The lowest BCUT2D eigenvalue weighted by Gasteiger charge is -2.25. The molecule has 0 bridgehead atoms. The van der Waals surface area contributed by atoms with Gasteiger partial charge >= 0.3 is 0 Å². The molecule has 151 valence electrons. The molecule has 0 spiro atoms.